The number of para-hydroxylation sites is 2. The van der Waals surface area contributed by atoms with Gasteiger partial charge in [-0.2, -0.15) is 0 Å². The van der Waals surface area contributed by atoms with Gasteiger partial charge in [0.2, 0.25) is 0 Å². The molecule has 0 saturated heterocycles. The topological polar surface area (TPSA) is 43.1 Å². The molecule has 0 radical (unpaired) electrons. The van der Waals surface area contributed by atoms with Crippen LogP contribution in [0.4, 0.5) is 0 Å². The van der Waals surface area contributed by atoms with Crippen molar-refractivity contribution in [2.75, 3.05) is 0 Å². The molecule has 4 heteroatoms. The van der Waals surface area contributed by atoms with E-state index in [0.29, 0.717) is 11.3 Å². The summed E-state index contributed by atoms with van der Waals surface area (Å²) >= 11 is 1.54. The van der Waals surface area contributed by atoms with Crippen molar-refractivity contribution in [2.45, 2.75) is 16.7 Å². The van der Waals surface area contributed by atoms with Gasteiger partial charge in [0.15, 0.2) is 16.8 Å². The van der Waals surface area contributed by atoms with E-state index in [1.54, 1.807) is 17.8 Å². The van der Waals surface area contributed by atoms with Crippen LogP contribution in [0.5, 0.6) is 0 Å². The van der Waals surface area contributed by atoms with Gasteiger partial charge >= 0.3 is 0 Å². The SMILES string of the molecule is Cc1ccccc1Sc1cc(=O)cc2oc3ccccc3nc1-2. The normalized spacial score (nSPS) is 11.2. The highest BCUT2D eigenvalue weighted by atomic mass is 32.2. The Balaban J connectivity index is 1.94. The number of hydrogen-bond acceptors (Lipinski definition) is 4. The first-order chi connectivity index (χ1) is 11.2. The fraction of sp³-hybridized carbons (Fsp3) is 0.0526. The molecular formula is C19H13NO2S. The molecule has 0 N–H and O–H groups in total. The van der Waals surface area contributed by atoms with Crippen molar-refractivity contribution in [2.24, 2.45) is 0 Å². The standard InChI is InChI=1S/C19H13NO2S/c1-12-6-2-5-9-17(12)23-18-11-13(21)10-16-19(18)20-14-7-3-4-8-15(14)22-16/h2-11H,1H3. The molecule has 0 fully saturated rings. The molecule has 1 heterocycles. The van der Waals surface area contributed by atoms with E-state index >= 15 is 0 Å². The van der Waals surface area contributed by atoms with Gasteiger partial charge in [-0.3, -0.25) is 4.79 Å². The van der Waals surface area contributed by atoms with Gasteiger partial charge in [-0.15, -0.1) is 0 Å². The zero-order valence-electron chi connectivity index (χ0n) is 12.4. The third-order valence-corrected chi connectivity index (χ3v) is 4.85. The number of fused-ring (bicyclic) bond motifs is 2. The maximum Gasteiger partial charge on any atom is 0.183 e. The third-order valence-electron chi connectivity index (χ3n) is 3.64. The van der Waals surface area contributed by atoms with Crippen LogP contribution in [-0.4, -0.2) is 4.98 Å². The van der Waals surface area contributed by atoms with Gasteiger partial charge in [0, 0.05) is 21.9 Å². The monoisotopic (exact) mass is 319 g/mol. The Morgan fingerprint density at radius 1 is 0.957 bits per heavy atom. The summed E-state index contributed by atoms with van der Waals surface area (Å²) in [5, 5.41) is 0. The minimum atomic E-state index is -0.0746. The highest BCUT2D eigenvalue weighted by Gasteiger charge is 2.16. The number of hydrogen-bond donors (Lipinski definition) is 0. The van der Waals surface area contributed by atoms with Crippen molar-refractivity contribution >= 4 is 22.9 Å². The van der Waals surface area contributed by atoms with E-state index in [1.165, 1.54) is 11.6 Å². The van der Waals surface area contributed by atoms with Gasteiger partial charge in [-0.1, -0.05) is 42.1 Å². The summed E-state index contributed by atoms with van der Waals surface area (Å²) in [4.78, 5) is 18.6. The first kappa shape index (κ1) is 14.0. The van der Waals surface area contributed by atoms with E-state index in [-0.39, 0.29) is 5.43 Å². The Labute approximate surface area is 137 Å². The number of aryl methyl sites for hydroxylation is 1. The molecule has 0 aromatic heterocycles. The van der Waals surface area contributed by atoms with Crippen molar-refractivity contribution in [3.8, 4) is 11.5 Å². The summed E-state index contributed by atoms with van der Waals surface area (Å²) in [6.45, 7) is 2.05. The molecule has 1 aliphatic heterocycles. The average molecular weight is 319 g/mol. The number of rotatable bonds is 2. The molecule has 0 saturated carbocycles. The molecule has 1 aliphatic carbocycles. The van der Waals surface area contributed by atoms with Crippen LogP contribution in [0.15, 0.2) is 79.7 Å². The van der Waals surface area contributed by atoms with Crippen molar-refractivity contribution in [3.05, 3.63) is 76.5 Å². The molecule has 0 atom stereocenters. The van der Waals surface area contributed by atoms with Gasteiger partial charge < -0.3 is 4.42 Å². The quantitative estimate of drug-likeness (QED) is 0.500. The molecule has 0 amide bonds. The van der Waals surface area contributed by atoms with E-state index in [4.69, 9.17) is 9.40 Å². The number of benzene rings is 3. The zero-order valence-corrected chi connectivity index (χ0v) is 13.3. The fourth-order valence-electron chi connectivity index (χ4n) is 2.49. The van der Waals surface area contributed by atoms with Crippen molar-refractivity contribution in [1.29, 1.82) is 0 Å². The van der Waals surface area contributed by atoms with Crippen molar-refractivity contribution in [3.63, 3.8) is 0 Å². The van der Waals surface area contributed by atoms with E-state index in [0.717, 1.165) is 21.0 Å². The predicted molar refractivity (Wildman–Crippen MR) is 92.2 cm³/mol. The van der Waals surface area contributed by atoms with Crippen LogP contribution in [0.3, 0.4) is 0 Å². The van der Waals surface area contributed by atoms with Gasteiger partial charge in [-0.25, -0.2) is 4.98 Å². The predicted octanol–water partition coefficient (Wildman–Crippen LogP) is 4.75. The molecule has 0 unspecified atom stereocenters. The number of aromatic nitrogens is 1. The van der Waals surface area contributed by atoms with Crippen LogP contribution in [0.1, 0.15) is 5.56 Å². The Morgan fingerprint density at radius 2 is 1.74 bits per heavy atom. The molecule has 0 spiro atoms. The molecule has 23 heavy (non-hydrogen) atoms. The second-order valence-electron chi connectivity index (χ2n) is 5.32. The molecule has 112 valence electrons. The van der Waals surface area contributed by atoms with Gasteiger partial charge in [0.05, 0.1) is 0 Å². The van der Waals surface area contributed by atoms with E-state index in [1.807, 2.05) is 42.5 Å². The number of nitrogens with zero attached hydrogens (tertiary/aromatic N) is 1. The molecular weight excluding hydrogens is 306 g/mol. The largest absolute Gasteiger partial charge is 0.453 e. The Bertz CT molecular complexity index is 1040. The molecule has 0 bridgehead atoms. The highest BCUT2D eigenvalue weighted by Crippen LogP contribution is 2.37. The smallest absolute Gasteiger partial charge is 0.183 e. The van der Waals surface area contributed by atoms with Gasteiger partial charge in [-0.05, 0) is 30.7 Å². The molecule has 4 rings (SSSR count). The minimum Gasteiger partial charge on any atom is -0.453 e. The van der Waals surface area contributed by atoms with Gasteiger partial charge in [0.1, 0.15) is 11.2 Å². The van der Waals surface area contributed by atoms with Gasteiger partial charge in [0.25, 0.3) is 0 Å². The molecule has 3 nitrogen and oxygen atoms in total. The summed E-state index contributed by atoms with van der Waals surface area (Å²) < 4.78 is 5.86. The Hall–Kier alpha value is -2.59. The lowest BCUT2D eigenvalue weighted by atomic mass is 10.2. The summed E-state index contributed by atoms with van der Waals surface area (Å²) in [6, 6.07) is 18.8. The lowest BCUT2D eigenvalue weighted by Gasteiger charge is -2.11. The Morgan fingerprint density at radius 3 is 2.61 bits per heavy atom. The lowest BCUT2D eigenvalue weighted by molar-refractivity contribution is 0.610. The van der Waals surface area contributed by atoms with Crippen molar-refractivity contribution < 1.29 is 4.42 Å². The second-order valence-corrected chi connectivity index (χ2v) is 6.40. The van der Waals surface area contributed by atoms with Crippen LogP contribution >= 0.6 is 11.8 Å². The summed E-state index contributed by atoms with van der Waals surface area (Å²) in [6.07, 6.45) is 0. The summed E-state index contributed by atoms with van der Waals surface area (Å²) in [5.41, 5.74) is 3.27. The summed E-state index contributed by atoms with van der Waals surface area (Å²) in [5.74, 6) is 0.521. The van der Waals surface area contributed by atoms with E-state index in [9.17, 15) is 4.79 Å². The van der Waals surface area contributed by atoms with Crippen LogP contribution in [0, 0.1) is 6.92 Å². The van der Waals surface area contributed by atoms with Crippen LogP contribution in [0.2, 0.25) is 0 Å². The van der Waals surface area contributed by atoms with E-state index < -0.39 is 0 Å². The van der Waals surface area contributed by atoms with Crippen LogP contribution in [-0.2, 0) is 0 Å². The zero-order chi connectivity index (χ0) is 15.8. The van der Waals surface area contributed by atoms with Crippen molar-refractivity contribution in [1.82, 2.24) is 4.98 Å². The fourth-order valence-corrected chi connectivity index (χ4v) is 3.52. The molecule has 2 aliphatic rings. The molecule has 2 aromatic rings. The average Bonchev–Trinajstić information content (AvgIpc) is 2.55. The van der Waals surface area contributed by atoms with Crippen LogP contribution in [0.25, 0.3) is 22.6 Å². The summed E-state index contributed by atoms with van der Waals surface area (Å²) in [7, 11) is 0. The minimum absolute atomic E-state index is 0.0746. The maximum atomic E-state index is 12.0. The van der Waals surface area contributed by atoms with E-state index in [2.05, 4.69) is 13.0 Å². The second kappa shape index (κ2) is 5.56. The maximum absolute atomic E-state index is 12.0. The first-order valence-corrected chi connectivity index (χ1v) is 8.09. The Kier molecular flexibility index (Phi) is 3.39. The molecule has 2 aromatic carbocycles. The first-order valence-electron chi connectivity index (χ1n) is 7.28. The highest BCUT2D eigenvalue weighted by molar-refractivity contribution is 7.99. The lowest BCUT2D eigenvalue weighted by Crippen LogP contribution is -2.02. The van der Waals surface area contributed by atoms with Crippen LogP contribution < -0.4 is 5.43 Å². The third kappa shape index (κ3) is 2.62.